The Bertz CT molecular complexity index is 132. The highest BCUT2D eigenvalue weighted by atomic mass is 16.1. The van der Waals surface area contributed by atoms with Crippen LogP contribution in [0.1, 0.15) is 13.8 Å². The second kappa shape index (κ2) is 10.8. The molecule has 0 fully saturated rings. The Morgan fingerprint density at radius 1 is 1.50 bits per heavy atom. The minimum Gasteiger partial charge on any atom is -0.298 e. The summed E-state index contributed by atoms with van der Waals surface area (Å²) in [4.78, 5) is 9.41. The van der Waals surface area contributed by atoms with Crippen LogP contribution in [0.5, 0.6) is 0 Å². The summed E-state index contributed by atoms with van der Waals surface area (Å²) in [5.41, 5.74) is 0.574. The van der Waals surface area contributed by atoms with Gasteiger partial charge < -0.3 is 0 Å². The summed E-state index contributed by atoms with van der Waals surface area (Å²) in [6.07, 6.45) is 6.30. The molecule has 0 aromatic rings. The lowest BCUT2D eigenvalue weighted by Crippen LogP contribution is -1.65. The van der Waals surface area contributed by atoms with Crippen LogP contribution in [0.3, 0.4) is 0 Å². The van der Waals surface area contributed by atoms with Crippen molar-refractivity contribution in [2.24, 2.45) is 0 Å². The van der Waals surface area contributed by atoms with Gasteiger partial charge in [-0.2, -0.15) is 0 Å². The van der Waals surface area contributed by atoms with E-state index in [0.29, 0.717) is 5.57 Å². The zero-order valence-electron chi connectivity index (χ0n) is 6.63. The first kappa shape index (κ1) is 11.7. The molecule has 0 atom stereocenters. The summed E-state index contributed by atoms with van der Waals surface area (Å²) in [6.45, 7) is 10.4. The van der Waals surface area contributed by atoms with Crippen molar-refractivity contribution in [3.63, 3.8) is 0 Å². The fourth-order valence-electron chi connectivity index (χ4n) is 0.136. The highest BCUT2D eigenvalue weighted by Crippen LogP contribution is 1.71. The molecule has 1 heteroatoms. The van der Waals surface area contributed by atoms with Crippen molar-refractivity contribution in [2.75, 3.05) is 0 Å². The third-order valence-electron chi connectivity index (χ3n) is 0.530. The van der Waals surface area contributed by atoms with E-state index in [1.807, 2.05) is 19.1 Å². The van der Waals surface area contributed by atoms with Gasteiger partial charge in [0.05, 0.1) is 0 Å². The van der Waals surface area contributed by atoms with Crippen molar-refractivity contribution in [1.29, 1.82) is 0 Å². The van der Waals surface area contributed by atoms with Gasteiger partial charge in [-0.05, 0) is 19.4 Å². The topological polar surface area (TPSA) is 17.1 Å². The molecule has 0 aromatic heterocycles. The van der Waals surface area contributed by atoms with Crippen molar-refractivity contribution < 1.29 is 4.79 Å². The largest absolute Gasteiger partial charge is 0.298 e. The smallest absolute Gasteiger partial charge is 0.145 e. The van der Waals surface area contributed by atoms with E-state index in [0.717, 1.165) is 6.29 Å². The standard InChI is InChI=1S/C5H8.C4H6O/c1-3-5-4-2;1-4(2)3-5/h3-5H,1H2,2H3;3H,1H2,2H3. The Hall–Kier alpha value is -1.11. The number of carbonyl (C=O) groups is 1. The molecule has 0 radical (unpaired) electrons. The fourth-order valence-corrected chi connectivity index (χ4v) is 0.136. The Morgan fingerprint density at radius 2 is 1.90 bits per heavy atom. The first-order valence-corrected chi connectivity index (χ1v) is 3.03. The van der Waals surface area contributed by atoms with Gasteiger partial charge >= 0.3 is 0 Å². The Morgan fingerprint density at radius 3 is 1.90 bits per heavy atom. The second-order valence-electron chi connectivity index (χ2n) is 1.73. The summed E-state index contributed by atoms with van der Waals surface area (Å²) in [5.74, 6) is 0. The van der Waals surface area contributed by atoms with E-state index in [1.54, 1.807) is 13.0 Å². The maximum atomic E-state index is 9.41. The number of carbonyl (C=O) groups excluding carboxylic acids is 1. The molecular formula is C9H14O. The predicted octanol–water partition coefficient (Wildman–Crippen LogP) is 2.51. The molecule has 0 saturated carbocycles. The number of hydrogen-bond donors (Lipinski definition) is 0. The van der Waals surface area contributed by atoms with Gasteiger partial charge in [0, 0.05) is 0 Å². The van der Waals surface area contributed by atoms with E-state index in [1.165, 1.54) is 0 Å². The third-order valence-corrected chi connectivity index (χ3v) is 0.530. The quantitative estimate of drug-likeness (QED) is 0.325. The molecule has 10 heavy (non-hydrogen) atoms. The van der Waals surface area contributed by atoms with Gasteiger partial charge in [0.25, 0.3) is 0 Å². The van der Waals surface area contributed by atoms with Crippen LogP contribution >= 0.6 is 0 Å². The van der Waals surface area contributed by atoms with Crippen molar-refractivity contribution in [3.8, 4) is 0 Å². The number of hydrogen-bond acceptors (Lipinski definition) is 1. The van der Waals surface area contributed by atoms with Crippen LogP contribution in [0.15, 0.2) is 37.0 Å². The second-order valence-corrected chi connectivity index (χ2v) is 1.73. The van der Waals surface area contributed by atoms with Crippen LogP contribution in [-0.2, 0) is 4.79 Å². The minimum absolute atomic E-state index is 0.574. The van der Waals surface area contributed by atoms with Crippen LogP contribution < -0.4 is 0 Å². The molecule has 0 bridgehead atoms. The highest BCUT2D eigenvalue weighted by molar-refractivity contribution is 5.70. The fraction of sp³-hybridized carbons (Fsp3) is 0.222. The normalized spacial score (nSPS) is 7.80. The van der Waals surface area contributed by atoms with E-state index >= 15 is 0 Å². The third kappa shape index (κ3) is 28.6. The predicted molar refractivity (Wildman–Crippen MR) is 45.9 cm³/mol. The lowest BCUT2D eigenvalue weighted by atomic mass is 10.4. The van der Waals surface area contributed by atoms with Gasteiger partial charge in [0.15, 0.2) is 0 Å². The Balaban J connectivity index is 0. The lowest BCUT2D eigenvalue weighted by Gasteiger charge is -1.65. The van der Waals surface area contributed by atoms with Gasteiger partial charge in [-0.3, -0.25) is 4.79 Å². The molecule has 0 rings (SSSR count). The summed E-state index contributed by atoms with van der Waals surface area (Å²) < 4.78 is 0. The van der Waals surface area contributed by atoms with Gasteiger partial charge in [0.2, 0.25) is 0 Å². The van der Waals surface area contributed by atoms with Crippen molar-refractivity contribution in [2.45, 2.75) is 13.8 Å². The zero-order chi connectivity index (χ0) is 8.41. The molecule has 0 unspecified atom stereocenters. The molecule has 1 nitrogen and oxygen atoms in total. The van der Waals surface area contributed by atoms with E-state index in [9.17, 15) is 4.79 Å². The molecule has 0 N–H and O–H groups in total. The summed E-state index contributed by atoms with van der Waals surface area (Å²) in [7, 11) is 0. The highest BCUT2D eigenvalue weighted by Gasteiger charge is 1.66. The summed E-state index contributed by atoms with van der Waals surface area (Å²) in [5, 5.41) is 0. The molecule has 0 aliphatic heterocycles. The van der Waals surface area contributed by atoms with E-state index < -0.39 is 0 Å². The van der Waals surface area contributed by atoms with Crippen molar-refractivity contribution >= 4 is 6.29 Å². The molecule has 0 saturated heterocycles. The Kier molecular flexibility index (Phi) is 12.6. The van der Waals surface area contributed by atoms with E-state index in [4.69, 9.17) is 0 Å². The van der Waals surface area contributed by atoms with Crippen LogP contribution in [0, 0.1) is 0 Å². The molecule has 0 spiro atoms. The molecule has 0 aliphatic rings. The maximum Gasteiger partial charge on any atom is 0.145 e. The van der Waals surface area contributed by atoms with Gasteiger partial charge in [0.1, 0.15) is 6.29 Å². The average molecular weight is 138 g/mol. The van der Waals surface area contributed by atoms with Crippen LogP contribution in [0.2, 0.25) is 0 Å². The van der Waals surface area contributed by atoms with Crippen molar-refractivity contribution in [3.05, 3.63) is 37.0 Å². The van der Waals surface area contributed by atoms with E-state index in [-0.39, 0.29) is 0 Å². The molecule has 0 aromatic carbocycles. The monoisotopic (exact) mass is 138 g/mol. The molecule has 0 heterocycles. The zero-order valence-corrected chi connectivity index (χ0v) is 6.63. The molecule has 56 valence electrons. The first-order valence-electron chi connectivity index (χ1n) is 3.03. The van der Waals surface area contributed by atoms with Crippen LogP contribution in [0.4, 0.5) is 0 Å². The summed E-state index contributed by atoms with van der Waals surface area (Å²) in [6, 6.07) is 0. The summed E-state index contributed by atoms with van der Waals surface area (Å²) >= 11 is 0. The SMILES string of the molecule is C=C(C)C=O.C=CC=CC. The van der Waals surface area contributed by atoms with Crippen LogP contribution in [0.25, 0.3) is 0 Å². The van der Waals surface area contributed by atoms with Gasteiger partial charge in [-0.25, -0.2) is 0 Å². The van der Waals surface area contributed by atoms with Gasteiger partial charge in [-0.15, -0.1) is 0 Å². The average Bonchev–Trinajstić information content (AvgIpc) is 1.91. The number of rotatable bonds is 2. The van der Waals surface area contributed by atoms with Crippen molar-refractivity contribution in [1.82, 2.24) is 0 Å². The van der Waals surface area contributed by atoms with Crippen LogP contribution in [-0.4, -0.2) is 6.29 Å². The number of allylic oxidation sites excluding steroid dienone is 4. The molecule has 0 aliphatic carbocycles. The first-order chi connectivity index (χ1) is 4.68. The molecule has 0 amide bonds. The lowest BCUT2D eigenvalue weighted by molar-refractivity contribution is -0.104. The number of aldehydes is 1. The maximum absolute atomic E-state index is 9.41. The van der Waals surface area contributed by atoms with E-state index in [2.05, 4.69) is 13.2 Å². The minimum atomic E-state index is 0.574. The molecular weight excluding hydrogens is 124 g/mol. The van der Waals surface area contributed by atoms with Gasteiger partial charge in [-0.1, -0.05) is 31.4 Å². The Labute approximate surface area is 62.8 Å².